The van der Waals surface area contributed by atoms with Crippen molar-refractivity contribution in [2.75, 3.05) is 18.4 Å². The normalized spacial score (nSPS) is 19.8. The third-order valence-electron chi connectivity index (χ3n) is 7.47. The number of nitrogens with one attached hydrogen (secondary N) is 2. The number of halogens is 1. The molecule has 2 amide bonds. The van der Waals surface area contributed by atoms with Gasteiger partial charge in [0.1, 0.15) is 23.8 Å². The van der Waals surface area contributed by atoms with Crippen LogP contribution in [0.5, 0.6) is 0 Å². The number of carbonyl (C=O) groups is 2. The first-order chi connectivity index (χ1) is 19.4. The maximum absolute atomic E-state index is 13.6. The molecule has 216 valence electrons. The van der Waals surface area contributed by atoms with Crippen LogP contribution in [0.2, 0.25) is 0 Å². The molecule has 5 rings (SSSR count). The van der Waals surface area contributed by atoms with E-state index < -0.39 is 17.2 Å². The van der Waals surface area contributed by atoms with Gasteiger partial charge in [0, 0.05) is 36.5 Å². The Bertz CT molecular complexity index is 1390. The van der Waals surface area contributed by atoms with Gasteiger partial charge in [-0.2, -0.15) is 0 Å². The Kier molecular flexibility index (Phi) is 7.64. The topological polar surface area (TPSA) is 92.8 Å². The Morgan fingerprint density at radius 3 is 2.27 bits per heavy atom. The minimum absolute atomic E-state index is 0.164. The van der Waals surface area contributed by atoms with Crippen molar-refractivity contribution in [3.8, 4) is 11.3 Å². The van der Waals surface area contributed by atoms with E-state index in [9.17, 15) is 14.0 Å². The van der Waals surface area contributed by atoms with Gasteiger partial charge in [-0.05, 0) is 82.1 Å². The fourth-order valence-electron chi connectivity index (χ4n) is 5.21. The van der Waals surface area contributed by atoms with E-state index in [1.54, 1.807) is 17.0 Å². The summed E-state index contributed by atoms with van der Waals surface area (Å²) in [5, 5.41) is 6.52. The summed E-state index contributed by atoms with van der Waals surface area (Å²) in [6.45, 7) is 10.8. The summed E-state index contributed by atoms with van der Waals surface area (Å²) in [6, 6.07) is 19.7. The number of aromatic nitrogens is 1. The van der Waals surface area contributed by atoms with Gasteiger partial charge in [-0.1, -0.05) is 30.3 Å². The smallest absolute Gasteiger partial charge is 0.410 e. The van der Waals surface area contributed by atoms with E-state index in [-0.39, 0.29) is 24.6 Å². The van der Waals surface area contributed by atoms with Crippen molar-refractivity contribution >= 4 is 18.0 Å². The lowest BCUT2D eigenvalue weighted by Gasteiger charge is -2.28. The highest BCUT2D eigenvalue weighted by Gasteiger charge is 2.57. The van der Waals surface area contributed by atoms with Gasteiger partial charge in [-0.3, -0.25) is 0 Å². The number of benzene rings is 2. The summed E-state index contributed by atoms with van der Waals surface area (Å²) >= 11 is 0. The molecular formula is C32H37FN4O4. The third-order valence-corrected chi connectivity index (χ3v) is 7.47. The number of hydrogen-bond acceptors (Lipinski definition) is 6. The number of pyridine rings is 1. The molecule has 1 saturated carbocycles. The van der Waals surface area contributed by atoms with Crippen molar-refractivity contribution in [3.05, 3.63) is 83.7 Å². The Balaban J connectivity index is 1.31. The van der Waals surface area contributed by atoms with E-state index in [4.69, 9.17) is 14.5 Å². The van der Waals surface area contributed by atoms with Crippen LogP contribution in [-0.2, 0) is 21.6 Å². The Labute approximate surface area is 240 Å². The van der Waals surface area contributed by atoms with E-state index in [1.165, 1.54) is 12.1 Å². The van der Waals surface area contributed by atoms with Crippen LogP contribution in [0.15, 0.2) is 66.7 Å². The lowest BCUT2D eigenvalue weighted by molar-refractivity contribution is 0.0272. The minimum atomic E-state index is -0.797. The number of anilines is 1. The van der Waals surface area contributed by atoms with Crippen LogP contribution in [-0.4, -0.2) is 46.8 Å². The van der Waals surface area contributed by atoms with Gasteiger partial charge in [0.2, 0.25) is 0 Å². The lowest BCUT2D eigenvalue weighted by Crippen LogP contribution is -2.41. The fourth-order valence-corrected chi connectivity index (χ4v) is 5.21. The predicted molar refractivity (Wildman–Crippen MR) is 155 cm³/mol. The molecule has 0 spiro atoms. The first kappa shape index (κ1) is 28.4. The summed E-state index contributed by atoms with van der Waals surface area (Å²) in [4.78, 5) is 31.8. The molecule has 3 atom stereocenters. The van der Waals surface area contributed by atoms with E-state index in [0.29, 0.717) is 36.4 Å². The molecule has 41 heavy (non-hydrogen) atoms. The predicted octanol–water partition coefficient (Wildman–Crippen LogP) is 6.33. The third kappa shape index (κ3) is 6.96. The van der Waals surface area contributed by atoms with Crippen molar-refractivity contribution in [1.82, 2.24) is 15.2 Å². The first-order valence-corrected chi connectivity index (χ1v) is 13.9. The molecule has 1 aromatic heterocycles. The second-order valence-corrected chi connectivity index (χ2v) is 12.3. The average molecular weight is 561 g/mol. The van der Waals surface area contributed by atoms with Gasteiger partial charge in [0.05, 0.1) is 11.2 Å². The summed E-state index contributed by atoms with van der Waals surface area (Å²) in [5.41, 5.74) is 1.79. The minimum Gasteiger partial charge on any atom is -0.445 e. The molecule has 2 N–H and O–H groups in total. The van der Waals surface area contributed by atoms with Crippen LogP contribution in [0, 0.1) is 17.7 Å². The molecule has 3 aromatic rings. The van der Waals surface area contributed by atoms with Gasteiger partial charge in [0.15, 0.2) is 0 Å². The van der Waals surface area contributed by atoms with Crippen molar-refractivity contribution in [3.63, 3.8) is 0 Å². The van der Waals surface area contributed by atoms with E-state index in [2.05, 4.69) is 10.6 Å². The van der Waals surface area contributed by atoms with Crippen LogP contribution in [0.3, 0.4) is 0 Å². The number of likely N-dealkylation sites (tertiary alicyclic amines) is 1. The molecule has 1 aliphatic carbocycles. The largest absolute Gasteiger partial charge is 0.445 e. The summed E-state index contributed by atoms with van der Waals surface area (Å²) in [7, 11) is 0. The zero-order valence-electron chi connectivity index (χ0n) is 24.1. The molecule has 0 bridgehead atoms. The van der Waals surface area contributed by atoms with Crippen molar-refractivity contribution in [2.24, 2.45) is 11.8 Å². The van der Waals surface area contributed by atoms with Gasteiger partial charge < -0.3 is 25.0 Å². The second kappa shape index (κ2) is 11.0. The molecule has 1 saturated heterocycles. The highest BCUT2D eigenvalue weighted by atomic mass is 19.1. The number of nitrogens with zero attached hydrogens (tertiary/aromatic N) is 2. The van der Waals surface area contributed by atoms with Gasteiger partial charge in [-0.15, -0.1) is 0 Å². The van der Waals surface area contributed by atoms with Crippen LogP contribution in [0.4, 0.5) is 19.8 Å². The average Bonchev–Trinajstić information content (AvgIpc) is 3.33. The standard InChI is InChI=1S/C32H37FN4O4/c1-31(2,3)41-30(39)37-17-24-25(18-37)28(24)35-27-16-22(15-26(34-27)21-11-13-23(33)14-12-21)32(4,5)36-29(38)40-19-20-9-7-6-8-10-20/h6-16,24-25,28H,17-19H2,1-5H3,(H,34,35)(H,36,38)/t24-,25+,28?. The second-order valence-electron chi connectivity index (χ2n) is 12.3. The Hall–Kier alpha value is -4.14. The molecule has 1 aliphatic heterocycles. The zero-order chi connectivity index (χ0) is 29.4. The first-order valence-electron chi connectivity index (χ1n) is 13.9. The molecule has 8 nitrogen and oxygen atoms in total. The van der Waals surface area contributed by atoms with Gasteiger partial charge >= 0.3 is 12.2 Å². The van der Waals surface area contributed by atoms with Crippen LogP contribution in [0.1, 0.15) is 45.7 Å². The van der Waals surface area contributed by atoms with Crippen molar-refractivity contribution in [2.45, 2.75) is 58.4 Å². The Morgan fingerprint density at radius 2 is 1.63 bits per heavy atom. The SMILES string of the molecule is CC(C)(C)OC(=O)N1C[C@@H]2C(Nc3cc(C(C)(C)NC(=O)OCc4ccccc4)cc(-c4ccc(F)cc4)n3)[C@@H]2C1. The van der Waals surface area contributed by atoms with E-state index in [0.717, 1.165) is 16.7 Å². The summed E-state index contributed by atoms with van der Waals surface area (Å²) in [5.74, 6) is 0.937. The quantitative estimate of drug-likeness (QED) is 0.351. The molecular weight excluding hydrogens is 523 g/mol. The summed E-state index contributed by atoms with van der Waals surface area (Å²) < 4.78 is 24.6. The van der Waals surface area contributed by atoms with Gasteiger partial charge in [0.25, 0.3) is 0 Å². The highest BCUT2D eigenvalue weighted by molar-refractivity contribution is 5.70. The van der Waals surface area contributed by atoms with E-state index >= 15 is 0 Å². The molecule has 2 aromatic carbocycles. The molecule has 9 heteroatoms. The molecule has 0 radical (unpaired) electrons. The van der Waals surface area contributed by atoms with Crippen molar-refractivity contribution < 1.29 is 23.5 Å². The number of piperidine rings is 1. The Morgan fingerprint density at radius 1 is 0.976 bits per heavy atom. The van der Waals surface area contributed by atoms with Crippen LogP contribution >= 0.6 is 0 Å². The highest BCUT2D eigenvalue weighted by Crippen LogP contribution is 2.47. The number of amides is 2. The zero-order valence-corrected chi connectivity index (χ0v) is 24.1. The molecule has 2 aliphatic rings. The summed E-state index contributed by atoms with van der Waals surface area (Å²) in [6.07, 6.45) is -0.818. The van der Waals surface area contributed by atoms with Crippen molar-refractivity contribution in [1.29, 1.82) is 0 Å². The molecule has 2 heterocycles. The maximum Gasteiger partial charge on any atom is 0.410 e. The maximum atomic E-state index is 13.6. The molecule has 2 fully saturated rings. The van der Waals surface area contributed by atoms with Crippen LogP contribution < -0.4 is 10.6 Å². The monoisotopic (exact) mass is 560 g/mol. The fraction of sp³-hybridized carbons (Fsp3) is 0.406. The number of ether oxygens (including phenoxy) is 2. The van der Waals surface area contributed by atoms with Gasteiger partial charge in [-0.25, -0.2) is 19.0 Å². The number of fused-ring (bicyclic) bond motifs is 1. The molecule has 1 unspecified atom stereocenters. The van der Waals surface area contributed by atoms with E-state index in [1.807, 2.05) is 77.1 Å². The number of carbonyl (C=O) groups excluding carboxylic acids is 2. The number of hydrogen-bond donors (Lipinski definition) is 2. The van der Waals surface area contributed by atoms with Crippen LogP contribution in [0.25, 0.3) is 11.3 Å². The number of alkyl carbamates (subject to hydrolysis) is 1. The number of rotatable bonds is 7. The lowest BCUT2D eigenvalue weighted by atomic mass is 9.93.